The van der Waals surface area contributed by atoms with Crippen LogP contribution in [0.3, 0.4) is 0 Å². The Morgan fingerprint density at radius 1 is 1.00 bits per heavy atom. The fraction of sp³-hybridized carbons (Fsp3) is 0.350. The van der Waals surface area contributed by atoms with Crippen LogP contribution in [0.4, 0.5) is 0 Å². The van der Waals surface area contributed by atoms with Crippen LogP contribution in [0.1, 0.15) is 17.8 Å². The molecule has 0 aliphatic heterocycles. The average molecular weight is 426 g/mol. The minimum absolute atomic E-state index is 0.304. The largest absolute Gasteiger partial charge is 0.332 e. The third-order valence-electron chi connectivity index (χ3n) is 5.09. The summed E-state index contributed by atoms with van der Waals surface area (Å²) < 4.78 is 6.34. The van der Waals surface area contributed by atoms with Gasteiger partial charge in [0.15, 0.2) is 16.3 Å². The minimum atomic E-state index is -0.347. The van der Waals surface area contributed by atoms with E-state index >= 15 is 0 Å². The van der Waals surface area contributed by atoms with Gasteiger partial charge >= 0.3 is 5.69 Å². The zero-order valence-corrected chi connectivity index (χ0v) is 18.0. The van der Waals surface area contributed by atoms with Gasteiger partial charge in [0.25, 0.3) is 5.56 Å². The number of hydrogen-bond donors (Lipinski definition) is 0. The van der Waals surface area contributed by atoms with Gasteiger partial charge in [0.2, 0.25) is 0 Å². The molecule has 9 nitrogen and oxygen atoms in total. The molecule has 0 aliphatic rings. The third kappa shape index (κ3) is 3.70. The van der Waals surface area contributed by atoms with Gasteiger partial charge in [0.05, 0.1) is 6.33 Å². The highest BCUT2D eigenvalue weighted by Gasteiger charge is 2.15. The number of aromatic nitrogens is 7. The van der Waals surface area contributed by atoms with E-state index in [9.17, 15) is 9.59 Å². The Kier molecular flexibility index (Phi) is 5.58. The lowest BCUT2D eigenvalue weighted by Gasteiger charge is -2.08. The van der Waals surface area contributed by atoms with E-state index in [0.717, 1.165) is 23.2 Å². The van der Waals surface area contributed by atoms with E-state index in [0.29, 0.717) is 24.1 Å². The predicted octanol–water partition coefficient (Wildman–Crippen LogP) is 1.34. The maximum Gasteiger partial charge on any atom is 0.332 e. The Balaban J connectivity index is 1.42. The van der Waals surface area contributed by atoms with Gasteiger partial charge in [-0.15, -0.1) is 10.2 Å². The van der Waals surface area contributed by atoms with Crippen molar-refractivity contribution >= 4 is 22.9 Å². The maximum absolute atomic E-state index is 12.7. The maximum atomic E-state index is 12.7. The van der Waals surface area contributed by atoms with Crippen LogP contribution in [-0.2, 0) is 34.1 Å². The van der Waals surface area contributed by atoms with Gasteiger partial charge in [0, 0.05) is 39.9 Å². The van der Waals surface area contributed by atoms with Crippen LogP contribution < -0.4 is 11.2 Å². The lowest BCUT2D eigenvalue weighted by atomic mass is 10.1. The van der Waals surface area contributed by atoms with Crippen molar-refractivity contribution in [3.63, 3.8) is 0 Å². The lowest BCUT2D eigenvalue weighted by Crippen LogP contribution is -2.39. The minimum Gasteiger partial charge on any atom is -0.328 e. The second-order valence-electron chi connectivity index (χ2n) is 7.15. The molecule has 0 bridgehead atoms. The quantitative estimate of drug-likeness (QED) is 0.328. The molecule has 0 amide bonds. The summed E-state index contributed by atoms with van der Waals surface area (Å²) in [7, 11) is 5.34. The molecule has 3 aromatic heterocycles. The first-order valence-electron chi connectivity index (χ1n) is 9.63. The SMILES string of the molecule is Cn1c(Cc2ccccc2)nnc1SCCCn1c(=O)c2c(ncn2C)n(C)c1=O. The van der Waals surface area contributed by atoms with E-state index < -0.39 is 0 Å². The Morgan fingerprint density at radius 3 is 2.53 bits per heavy atom. The second-order valence-corrected chi connectivity index (χ2v) is 8.21. The lowest BCUT2D eigenvalue weighted by molar-refractivity contribution is 0.593. The highest BCUT2D eigenvalue weighted by atomic mass is 32.2. The monoisotopic (exact) mass is 425 g/mol. The number of rotatable bonds is 7. The van der Waals surface area contributed by atoms with E-state index in [1.807, 2.05) is 29.8 Å². The third-order valence-corrected chi connectivity index (χ3v) is 6.19. The summed E-state index contributed by atoms with van der Waals surface area (Å²) in [6.07, 6.45) is 2.93. The van der Waals surface area contributed by atoms with Crippen LogP contribution in [0.2, 0.25) is 0 Å². The normalized spacial score (nSPS) is 11.4. The molecule has 30 heavy (non-hydrogen) atoms. The number of nitrogens with zero attached hydrogens (tertiary/aromatic N) is 7. The van der Waals surface area contributed by atoms with Gasteiger partial charge in [-0.2, -0.15) is 0 Å². The summed E-state index contributed by atoms with van der Waals surface area (Å²) in [6.45, 7) is 0.342. The topological polar surface area (TPSA) is 92.5 Å². The molecule has 4 rings (SSSR count). The summed E-state index contributed by atoms with van der Waals surface area (Å²) >= 11 is 1.57. The molecule has 0 aliphatic carbocycles. The molecule has 0 N–H and O–H groups in total. The van der Waals surface area contributed by atoms with E-state index in [1.54, 1.807) is 36.8 Å². The van der Waals surface area contributed by atoms with Gasteiger partial charge < -0.3 is 9.13 Å². The zero-order chi connectivity index (χ0) is 21.3. The van der Waals surface area contributed by atoms with Gasteiger partial charge in [-0.3, -0.25) is 13.9 Å². The molecule has 10 heteroatoms. The second kappa shape index (κ2) is 8.31. The van der Waals surface area contributed by atoms with Crippen molar-refractivity contribution < 1.29 is 0 Å². The van der Waals surface area contributed by atoms with Crippen LogP contribution in [0.25, 0.3) is 11.2 Å². The first-order chi connectivity index (χ1) is 14.5. The molecule has 156 valence electrons. The Labute approximate surface area is 177 Å². The van der Waals surface area contributed by atoms with Crippen molar-refractivity contribution in [3.8, 4) is 0 Å². The molecule has 0 fully saturated rings. The Hall–Kier alpha value is -3.14. The zero-order valence-electron chi connectivity index (χ0n) is 17.1. The average Bonchev–Trinajstić information content (AvgIpc) is 3.30. The highest BCUT2D eigenvalue weighted by molar-refractivity contribution is 7.99. The van der Waals surface area contributed by atoms with E-state index in [1.165, 1.54) is 14.7 Å². The molecule has 0 spiro atoms. The number of imidazole rings is 1. The molecular formula is C20H23N7O2S. The van der Waals surface area contributed by atoms with Crippen LogP contribution in [0.5, 0.6) is 0 Å². The summed E-state index contributed by atoms with van der Waals surface area (Å²) in [6, 6.07) is 10.1. The Morgan fingerprint density at radius 2 is 1.77 bits per heavy atom. The number of aryl methyl sites for hydroxylation is 2. The smallest absolute Gasteiger partial charge is 0.328 e. The predicted molar refractivity (Wildman–Crippen MR) is 116 cm³/mol. The number of fused-ring (bicyclic) bond motifs is 1. The summed E-state index contributed by atoms with van der Waals surface area (Å²) in [5.41, 5.74) is 1.37. The van der Waals surface area contributed by atoms with Crippen LogP contribution >= 0.6 is 11.8 Å². The summed E-state index contributed by atoms with van der Waals surface area (Å²) in [4.78, 5) is 29.4. The summed E-state index contributed by atoms with van der Waals surface area (Å²) in [5.74, 6) is 1.62. The Bertz CT molecular complexity index is 1300. The van der Waals surface area contributed by atoms with Crippen molar-refractivity contribution in [2.75, 3.05) is 5.75 Å². The fourth-order valence-corrected chi connectivity index (χ4v) is 4.24. The van der Waals surface area contributed by atoms with Gasteiger partial charge in [-0.1, -0.05) is 42.1 Å². The van der Waals surface area contributed by atoms with Gasteiger partial charge in [-0.05, 0) is 12.0 Å². The van der Waals surface area contributed by atoms with Gasteiger partial charge in [0.1, 0.15) is 5.82 Å². The molecule has 3 heterocycles. The van der Waals surface area contributed by atoms with Crippen LogP contribution in [0.15, 0.2) is 51.4 Å². The van der Waals surface area contributed by atoms with E-state index in [2.05, 4.69) is 27.3 Å². The standard InChI is InChI=1S/C20H23N7O2S/c1-24-13-21-17-16(24)18(28)27(20(29)26(17)3)10-7-11-30-19-23-22-15(25(19)2)12-14-8-5-4-6-9-14/h4-6,8-9,13H,7,10-12H2,1-3H3. The first kappa shape index (κ1) is 20.1. The summed E-state index contributed by atoms with van der Waals surface area (Å²) in [5, 5.41) is 9.40. The first-order valence-corrected chi connectivity index (χ1v) is 10.6. The number of hydrogen-bond acceptors (Lipinski definition) is 6. The number of benzene rings is 1. The van der Waals surface area contributed by atoms with Crippen molar-refractivity contribution in [1.29, 1.82) is 0 Å². The van der Waals surface area contributed by atoms with Crippen LogP contribution in [-0.4, -0.2) is 39.2 Å². The molecule has 4 aromatic rings. The van der Waals surface area contributed by atoms with Gasteiger partial charge in [-0.25, -0.2) is 9.78 Å². The molecule has 0 radical (unpaired) electrons. The molecular weight excluding hydrogens is 402 g/mol. The van der Waals surface area contributed by atoms with E-state index in [4.69, 9.17) is 0 Å². The van der Waals surface area contributed by atoms with Crippen LogP contribution in [0, 0.1) is 0 Å². The molecule has 0 saturated carbocycles. The molecule has 0 unspecified atom stereocenters. The fourth-order valence-electron chi connectivity index (χ4n) is 3.38. The van der Waals surface area contributed by atoms with Crippen molar-refractivity contribution in [3.05, 3.63) is 68.9 Å². The molecule has 1 aromatic carbocycles. The van der Waals surface area contributed by atoms with E-state index in [-0.39, 0.29) is 11.2 Å². The van der Waals surface area contributed by atoms with Crippen molar-refractivity contribution in [2.24, 2.45) is 21.1 Å². The molecule has 0 atom stereocenters. The van der Waals surface area contributed by atoms with Crippen molar-refractivity contribution in [1.82, 2.24) is 33.4 Å². The number of thioether (sulfide) groups is 1. The molecule has 0 saturated heterocycles. The highest BCUT2D eigenvalue weighted by Crippen LogP contribution is 2.18. The van der Waals surface area contributed by atoms with Crippen molar-refractivity contribution in [2.45, 2.75) is 24.5 Å².